The van der Waals surface area contributed by atoms with Crippen molar-refractivity contribution in [1.29, 1.82) is 0 Å². The van der Waals surface area contributed by atoms with E-state index >= 15 is 0 Å². The number of carbonyl (C=O) groups is 2. The Labute approximate surface area is 183 Å². The molecule has 5 heteroatoms. The van der Waals surface area contributed by atoms with Gasteiger partial charge in [-0.15, -0.1) is 0 Å². The highest BCUT2D eigenvalue weighted by atomic mass is 16.5. The molecule has 0 heterocycles. The molecule has 2 N–H and O–H groups in total. The van der Waals surface area contributed by atoms with E-state index in [1.54, 1.807) is 48.5 Å². The number of benzene rings is 3. The predicted molar refractivity (Wildman–Crippen MR) is 125 cm³/mol. The van der Waals surface area contributed by atoms with E-state index in [1.807, 2.05) is 31.2 Å². The summed E-state index contributed by atoms with van der Waals surface area (Å²) in [5, 5.41) is 5.75. The van der Waals surface area contributed by atoms with E-state index < -0.39 is 0 Å². The van der Waals surface area contributed by atoms with Gasteiger partial charge in [0, 0.05) is 22.5 Å². The van der Waals surface area contributed by atoms with E-state index in [2.05, 4.69) is 24.5 Å². The van der Waals surface area contributed by atoms with Crippen molar-refractivity contribution in [3.63, 3.8) is 0 Å². The summed E-state index contributed by atoms with van der Waals surface area (Å²) in [6, 6.07) is 21.5. The van der Waals surface area contributed by atoms with Crippen LogP contribution in [0, 0.1) is 12.8 Å². The Hall–Kier alpha value is -3.60. The first-order valence-corrected chi connectivity index (χ1v) is 10.4. The maximum atomic E-state index is 12.5. The summed E-state index contributed by atoms with van der Waals surface area (Å²) in [5.74, 6) is 0.928. The second-order valence-corrected chi connectivity index (χ2v) is 7.86. The SMILES string of the molecule is Cc1ccccc1NC(=O)c1ccc(NC(=O)c2ccc(OCCC(C)C)cc2)cc1. The molecule has 2 amide bonds. The Morgan fingerprint density at radius 1 is 0.806 bits per heavy atom. The van der Waals surface area contributed by atoms with Gasteiger partial charge in [-0.25, -0.2) is 0 Å². The van der Waals surface area contributed by atoms with E-state index in [4.69, 9.17) is 4.74 Å². The first kappa shape index (κ1) is 22.1. The molecule has 31 heavy (non-hydrogen) atoms. The van der Waals surface area contributed by atoms with Crippen LogP contribution in [-0.4, -0.2) is 18.4 Å². The second-order valence-electron chi connectivity index (χ2n) is 7.86. The van der Waals surface area contributed by atoms with Crippen LogP contribution in [-0.2, 0) is 0 Å². The number of aryl methyl sites for hydroxylation is 1. The standard InChI is InChI=1S/C26H28N2O3/c1-18(2)16-17-31-23-14-10-21(11-15-23)25(29)27-22-12-8-20(9-13-22)26(30)28-24-7-5-4-6-19(24)3/h4-15,18H,16-17H2,1-3H3,(H,27,29)(H,28,30). The zero-order valence-electron chi connectivity index (χ0n) is 18.1. The first-order chi connectivity index (χ1) is 14.9. The highest BCUT2D eigenvalue weighted by molar-refractivity contribution is 6.06. The molecule has 0 spiro atoms. The molecule has 0 saturated carbocycles. The van der Waals surface area contributed by atoms with E-state index in [9.17, 15) is 9.59 Å². The minimum atomic E-state index is -0.217. The number of carbonyl (C=O) groups excluding carboxylic acids is 2. The lowest BCUT2D eigenvalue weighted by molar-refractivity contribution is 0.102. The first-order valence-electron chi connectivity index (χ1n) is 10.4. The maximum Gasteiger partial charge on any atom is 0.255 e. The lowest BCUT2D eigenvalue weighted by Crippen LogP contribution is -2.14. The van der Waals surface area contributed by atoms with Crippen molar-refractivity contribution in [2.45, 2.75) is 27.2 Å². The molecule has 0 atom stereocenters. The Morgan fingerprint density at radius 2 is 1.39 bits per heavy atom. The van der Waals surface area contributed by atoms with Crippen LogP contribution in [0.5, 0.6) is 5.75 Å². The molecule has 0 aromatic heterocycles. The summed E-state index contributed by atoms with van der Waals surface area (Å²) in [6.45, 7) is 6.91. The molecule has 0 aliphatic heterocycles. The molecule has 0 radical (unpaired) electrons. The summed E-state index contributed by atoms with van der Waals surface area (Å²) < 4.78 is 5.69. The zero-order chi connectivity index (χ0) is 22.2. The van der Waals surface area contributed by atoms with Gasteiger partial charge in [0.1, 0.15) is 5.75 Å². The van der Waals surface area contributed by atoms with Gasteiger partial charge >= 0.3 is 0 Å². The van der Waals surface area contributed by atoms with Crippen LogP contribution >= 0.6 is 0 Å². The van der Waals surface area contributed by atoms with Crippen LogP contribution in [0.25, 0.3) is 0 Å². The molecular formula is C26H28N2O3. The fourth-order valence-corrected chi connectivity index (χ4v) is 2.93. The summed E-state index contributed by atoms with van der Waals surface area (Å²) in [5.41, 5.74) is 3.45. The predicted octanol–water partition coefficient (Wildman–Crippen LogP) is 5.92. The molecule has 0 bridgehead atoms. The zero-order valence-corrected chi connectivity index (χ0v) is 18.1. The highest BCUT2D eigenvalue weighted by Gasteiger charge is 2.10. The molecule has 160 valence electrons. The van der Waals surface area contributed by atoms with Crippen LogP contribution < -0.4 is 15.4 Å². The monoisotopic (exact) mass is 416 g/mol. The molecule has 5 nitrogen and oxygen atoms in total. The van der Waals surface area contributed by atoms with Crippen molar-refractivity contribution in [3.05, 3.63) is 89.5 Å². The van der Waals surface area contributed by atoms with Gasteiger partial charge in [0.25, 0.3) is 11.8 Å². The third-order valence-electron chi connectivity index (χ3n) is 4.88. The Bertz CT molecular complexity index is 1030. The van der Waals surface area contributed by atoms with Crippen LogP contribution in [0.15, 0.2) is 72.8 Å². The number of rotatable bonds is 8. The van der Waals surface area contributed by atoms with Gasteiger partial charge in [-0.1, -0.05) is 32.0 Å². The number of hydrogen-bond donors (Lipinski definition) is 2. The Morgan fingerprint density at radius 3 is 2.00 bits per heavy atom. The summed E-state index contributed by atoms with van der Waals surface area (Å²) in [6.07, 6.45) is 0.987. The summed E-state index contributed by atoms with van der Waals surface area (Å²) >= 11 is 0. The second kappa shape index (κ2) is 10.4. The van der Waals surface area contributed by atoms with Crippen molar-refractivity contribution in [2.75, 3.05) is 17.2 Å². The maximum absolute atomic E-state index is 12.5. The number of nitrogens with one attached hydrogen (secondary N) is 2. The van der Waals surface area contributed by atoms with E-state index in [0.29, 0.717) is 29.3 Å². The van der Waals surface area contributed by atoms with Crippen molar-refractivity contribution in [1.82, 2.24) is 0 Å². The quantitative estimate of drug-likeness (QED) is 0.479. The molecule has 0 aliphatic carbocycles. The van der Waals surface area contributed by atoms with Crippen molar-refractivity contribution < 1.29 is 14.3 Å². The number of para-hydroxylation sites is 1. The average Bonchev–Trinajstić information content (AvgIpc) is 2.76. The summed E-state index contributed by atoms with van der Waals surface area (Å²) in [7, 11) is 0. The number of hydrogen-bond acceptors (Lipinski definition) is 3. The lowest BCUT2D eigenvalue weighted by atomic mass is 10.1. The molecule has 3 rings (SSSR count). The number of ether oxygens (including phenoxy) is 1. The topological polar surface area (TPSA) is 67.4 Å². The van der Waals surface area contributed by atoms with Crippen molar-refractivity contribution >= 4 is 23.2 Å². The van der Waals surface area contributed by atoms with E-state index in [1.165, 1.54) is 0 Å². The minimum absolute atomic E-state index is 0.194. The van der Waals surface area contributed by atoms with Crippen molar-refractivity contribution in [3.8, 4) is 5.75 Å². The third-order valence-corrected chi connectivity index (χ3v) is 4.88. The normalized spacial score (nSPS) is 10.6. The van der Waals surface area contributed by atoms with Gasteiger partial charge in [-0.05, 0) is 79.4 Å². The van der Waals surface area contributed by atoms with Crippen LogP contribution in [0.2, 0.25) is 0 Å². The van der Waals surface area contributed by atoms with Crippen LogP contribution in [0.1, 0.15) is 46.5 Å². The smallest absolute Gasteiger partial charge is 0.255 e. The van der Waals surface area contributed by atoms with E-state index in [0.717, 1.165) is 23.4 Å². The highest BCUT2D eigenvalue weighted by Crippen LogP contribution is 2.18. The number of anilines is 2. The molecule has 3 aromatic carbocycles. The third kappa shape index (κ3) is 6.44. The Balaban J connectivity index is 1.56. The fourth-order valence-electron chi connectivity index (χ4n) is 2.93. The van der Waals surface area contributed by atoms with Crippen LogP contribution in [0.3, 0.4) is 0 Å². The molecule has 0 fully saturated rings. The van der Waals surface area contributed by atoms with Crippen molar-refractivity contribution in [2.24, 2.45) is 5.92 Å². The van der Waals surface area contributed by atoms with Gasteiger partial charge in [-0.2, -0.15) is 0 Å². The largest absolute Gasteiger partial charge is 0.494 e. The fraction of sp³-hybridized carbons (Fsp3) is 0.231. The van der Waals surface area contributed by atoms with Gasteiger partial charge in [-0.3, -0.25) is 9.59 Å². The molecule has 0 saturated heterocycles. The average molecular weight is 417 g/mol. The molecule has 3 aromatic rings. The number of amides is 2. The lowest BCUT2D eigenvalue weighted by Gasteiger charge is -2.10. The van der Waals surface area contributed by atoms with Gasteiger partial charge in [0.15, 0.2) is 0 Å². The minimum Gasteiger partial charge on any atom is -0.494 e. The van der Waals surface area contributed by atoms with Gasteiger partial charge in [0.05, 0.1) is 6.61 Å². The van der Waals surface area contributed by atoms with Gasteiger partial charge < -0.3 is 15.4 Å². The van der Waals surface area contributed by atoms with E-state index in [-0.39, 0.29) is 11.8 Å². The molecule has 0 unspecified atom stereocenters. The van der Waals surface area contributed by atoms with Gasteiger partial charge in [0.2, 0.25) is 0 Å². The Kier molecular flexibility index (Phi) is 7.44. The summed E-state index contributed by atoms with van der Waals surface area (Å²) in [4.78, 5) is 25.0. The molecule has 0 aliphatic rings. The molecular weight excluding hydrogens is 388 g/mol. The van der Waals surface area contributed by atoms with Crippen LogP contribution in [0.4, 0.5) is 11.4 Å².